The smallest absolute Gasteiger partial charge is 0.237 e. The lowest BCUT2D eigenvalue weighted by molar-refractivity contribution is -0.128. The quantitative estimate of drug-likeness (QED) is 0.823. The first kappa shape index (κ1) is 14.3. The van der Waals surface area contributed by atoms with Crippen molar-refractivity contribution in [2.45, 2.75) is 70.0 Å². The van der Waals surface area contributed by atoms with Crippen LogP contribution in [0.3, 0.4) is 0 Å². The molecule has 0 aromatic heterocycles. The minimum absolute atomic E-state index is 0.0321. The lowest BCUT2D eigenvalue weighted by Gasteiger charge is -2.40. The Morgan fingerprint density at radius 2 is 1.95 bits per heavy atom. The molecule has 1 aliphatic carbocycles. The molecule has 0 aromatic rings. The molecule has 2 N–H and O–H groups in total. The molecule has 4 nitrogen and oxygen atoms in total. The normalized spacial score (nSPS) is 33.6. The van der Waals surface area contributed by atoms with Gasteiger partial charge in [-0.25, -0.2) is 0 Å². The first-order valence-electron chi connectivity index (χ1n) is 8.52. The lowest BCUT2D eigenvalue weighted by Crippen LogP contribution is -2.55. The van der Waals surface area contributed by atoms with Crippen molar-refractivity contribution in [2.75, 3.05) is 19.6 Å². The maximum atomic E-state index is 12.5. The van der Waals surface area contributed by atoms with E-state index in [0.29, 0.717) is 12.1 Å². The topological polar surface area (TPSA) is 44.4 Å². The van der Waals surface area contributed by atoms with Gasteiger partial charge in [-0.15, -0.1) is 0 Å². The van der Waals surface area contributed by atoms with Crippen LogP contribution in [0.25, 0.3) is 0 Å². The Hall–Kier alpha value is -0.610. The van der Waals surface area contributed by atoms with Crippen molar-refractivity contribution in [3.8, 4) is 0 Å². The van der Waals surface area contributed by atoms with Gasteiger partial charge in [-0.2, -0.15) is 0 Å². The number of piperidine rings is 1. The Labute approximate surface area is 122 Å². The van der Waals surface area contributed by atoms with Gasteiger partial charge in [0, 0.05) is 18.6 Å². The fourth-order valence-corrected chi connectivity index (χ4v) is 4.30. The van der Waals surface area contributed by atoms with E-state index in [1.807, 2.05) is 0 Å². The van der Waals surface area contributed by atoms with Crippen LogP contribution < -0.4 is 10.6 Å². The van der Waals surface area contributed by atoms with Gasteiger partial charge in [0.05, 0.1) is 6.04 Å². The highest BCUT2D eigenvalue weighted by Crippen LogP contribution is 2.28. The predicted molar refractivity (Wildman–Crippen MR) is 80.6 cm³/mol. The van der Waals surface area contributed by atoms with E-state index < -0.39 is 0 Å². The first-order valence-corrected chi connectivity index (χ1v) is 8.52. The second-order valence-corrected chi connectivity index (χ2v) is 6.89. The van der Waals surface area contributed by atoms with Crippen molar-refractivity contribution in [2.24, 2.45) is 5.92 Å². The van der Waals surface area contributed by atoms with E-state index in [0.717, 1.165) is 25.6 Å². The maximum absolute atomic E-state index is 12.5. The minimum Gasteiger partial charge on any atom is -0.352 e. The number of carbonyl (C=O) groups excluding carboxylic acids is 1. The first-order chi connectivity index (χ1) is 9.75. The molecule has 0 radical (unpaired) electrons. The van der Waals surface area contributed by atoms with Crippen LogP contribution in [0.4, 0.5) is 0 Å². The van der Waals surface area contributed by atoms with Gasteiger partial charge in [-0.3, -0.25) is 9.69 Å². The van der Waals surface area contributed by atoms with E-state index >= 15 is 0 Å². The van der Waals surface area contributed by atoms with Crippen LogP contribution >= 0.6 is 0 Å². The van der Waals surface area contributed by atoms with E-state index in [2.05, 4.69) is 22.5 Å². The molecule has 1 saturated carbocycles. The SMILES string of the molecule is CC(C(=O)NC1CCCCC1)N1CCCC2CNCC21. The summed E-state index contributed by atoms with van der Waals surface area (Å²) in [5.74, 6) is 1.01. The van der Waals surface area contributed by atoms with Gasteiger partial charge >= 0.3 is 0 Å². The zero-order valence-electron chi connectivity index (χ0n) is 12.7. The van der Waals surface area contributed by atoms with Crippen molar-refractivity contribution in [3.63, 3.8) is 0 Å². The Bertz CT molecular complexity index is 341. The monoisotopic (exact) mass is 279 g/mol. The summed E-state index contributed by atoms with van der Waals surface area (Å²) in [6.07, 6.45) is 8.80. The third kappa shape index (κ3) is 3.01. The molecule has 3 atom stereocenters. The number of nitrogens with one attached hydrogen (secondary N) is 2. The lowest BCUT2D eigenvalue weighted by atomic mass is 9.90. The number of carbonyl (C=O) groups is 1. The standard InChI is InChI=1S/C16H29N3O/c1-12(16(20)18-14-7-3-2-4-8-14)19-9-5-6-13-10-17-11-15(13)19/h12-15,17H,2-11H2,1H3,(H,18,20). The van der Waals surface area contributed by atoms with Gasteiger partial charge < -0.3 is 10.6 Å². The summed E-state index contributed by atoms with van der Waals surface area (Å²) in [4.78, 5) is 15.0. The summed E-state index contributed by atoms with van der Waals surface area (Å²) in [7, 11) is 0. The van der Waals surface area contributed by atoms with Crippen molar-refractivity contribution >= 4 is 5.91 Å². The van der Waals surface area contributed by atoms with Crippen molar-refractivity contribution in [1.82, 2.24) is 15.5 Å². The van der Waals surface area contributed by atoms with Crippen LogP contribution in [-0.4, -0.2) is 48.6 Å². The van der Waals surface area contributed by atoms with Crippen LogP contribution in [-0.2, 0) is 4.79 Å². The highest BCUT2D eigenvalue weighted by molar-refractivity contribution is 5.81. The van der Waals surface area contributed by atoms with E-state index in [1.54, 1.807) is 0 Å². The average Bonchev–Trinajstić information content (AvgIpc) is 2.96. The molecule has 3 rings (SSSR count). The molecule has 114 valence electrons. The van der Waals surface area contributed by atoms with Crippen LogP contribution in [0, 0.1) is 5.92 Å². The molecule has 4 heteroatoms. The van der Waals surface area contributed by atoms with Gasteiger partial charge in [-0.1, -0.05) is 19.3 Å². The molecule has 0 bridgehead atoms. The number of fused-ring (bicyclic) bond motifs is 1. The Kier molecular flexibility index (Phi) is 4.61. The minimum atomic E-state index is 0.0321. The fourth-order valence-electron chi connectivity index (χ4n) is 4.30. The molecule has 3 unspecified atom stereocenters. The maximum Gasteiger partial charge on any atom is 0.237 e. The van der Waals surface area contributed by atoms with Gasteiger partial charge in [0.25, 0.3) is 0 Å². The van der Waals surface area contributed by atoms with Crippen LogP contribution in [0.5, 0.6) is 0 Å². The summed E-state index contributed by atoms with van der Waals surface area (Å²) >= 11 is 0. The second kappa shape index (κ2) is 6.44. The third-order valence-electron chi connectivity index (χ3n) is 5.55. The third-order valence-corrected chi connectivity index (χ3v) is 5.55. The largest absolute Gasteiger partial charge is 0.352 e. The predicted octanol–water partition coefficient (Wildman–Crippen LogP) is 1.51. The Morgan fingerprint density at radius 1 is 1.15 bits per heavy atom. The van der Waals surface area contributed by atoms with Crippen LogP contribution in [0.2, 0.25) is 0 Å². The molecular weight excluding hydrogens is 250 g/mol. The van der Waals surface area contributed by atoms with Crippen LogP contribution in [0.1, 0.15) is 51.9 Å². The van der Waals surface area contributed by atoms with Crippen LogP contribution in [0.15, 0.2) is 0 Å². The van der Waals surface area contributed by atoms with Gasteiger partial charge in [0.15, 0.2) is 0 Å². The molecule has 2 saturated heterocycles. The summed E-state index contributed by atoms with van der Waals surface area (Å²) < 4.78 is 0. The summed E-state index contributed by atoms with van der Waals surface area (Å²) in [5.41, 5.74) is 0. The van der Waals surface area contributed by atoms with Gasteiger partial charge in [0.2, 0.25) is 5.91 Å². The van der Waals surface area contributed by atoms with Gasteiger partial charge in [-0.05, 0) is 51.6 Å². The zero-order valence-corrected chi connectivity index (χ0v) is 12.7. The highest BCUT2D eigenvalue weighted by atomic mass is 16.2. The average molecular weight is 279 g/mol. The number of likely N-dealkylation sites (tertiary alicyclic amines) is 1. The number of amides is 1. The summed E-state index contributed by atoms with van der Waals surface area (Å²) in [5, 5.41) is 6.79. The molecule has 1 amide bonds. The molecule has 2 aliphatic heterocycles. The summed E-state index contributed by atoms with van der Waals surface area (Å²) in [6, 6.07) is 1.04. The molecule has 3 aliphatic rings. The zero-order chi connectivity index (χ0) is 13.9. The number of rotatable bonds is 3. The molecular formula is C16H29N3O. The molecule has 2 heterocycles. The van der Waals surface area contributed by atoms with E-state index in [4.69, 9.17) is 0 Å². The van der Waals surface area contributed by atoms with Crippen molar-refractivity contribution in [1.29, 1.82) is 0 Å². The molecule has 3 fully saturated rings. The molecule has 0 aromatic carbocycles. The molecule has 20 heavy (non-hydrogen) atoms. The Balaban J connectivity index is 1.56. The molecule has 0 spiro atoms. The fraction of sp³-hybridized carbons (Fsp3) is 0.938. The summed E-state index contributed by atoms with van der Waals surface area (Å²) in [6.45, 7) is 5.38. The second-order valence-electron chi connectivity index (χ2n) is 6.89. The van der Waals surface area contributed by atoms with E-state index in [1.165, 1.54) is 44.9 Å². The number of hydrogen-bond acceptors (Lipinski definition) is 3. The number of hydrogen-bond donors (Lipinski definition) is 2. The number of nitrogens with zero attached hydrogens (tertiary/aromatic N) is 1. The van der Waals surface area contributed by atoms with Crippen molar-refractivity contribution in [3.05, 3.63) is 0 Å². The van der Waals surface area contributed by atoms with Crippen molar-refractivity contribution < 1.29 is 4.79 Å². The van der Waals surface area contributed by atoms with E-state index in [-0.39, 0.29) is 11.9 Å². The van der Waals surface area contributed by atoms with E-state index in [9.17, 15) is 4.79 Å². The highest BCUT2D eigenvalue weighted by Gasteiger charge is 2.39. The van der Waals surface area contributed by atoms with Gasteiger partial charge in [0.1, 0.15) is 0 Å². The Morgan fingerprint density at radius 3 is 2.75 bits per heavy atom.